The van der Waals surface area contributed by atoms with Gasteiger partial charge in [0.05, 0.1) is 17.2 Å². The SMILES string of the molecule is C[C@H](NC(=O)c1cc(C#N)cnc1NCc1ccc(C2=CC3NC(=O)N=C3N=C2)cc1)c1ccc(F)cc1. The van der Waals surface area contributed by atoms with Gasteiger partial charge in [0.2, 0.25) is 0 Å². The van der Waals surface area contributed by atoms with E-state index in [1.54, 1.807) is 25.3 Å². The number of pyridine rings is 1. The third-order valence-corrected chi connectivity index (χ3v) is 6.18. The lowest BCUT2D eigenvalue weighted by Crippen LogP contribution is -2.31. The fraction of sp³-hybridized carbons (Fsp3) is 0.143. The molecule has 1 unspecified atom stereocenters. The molecule has 2 aliphatic heterocycles. The number of rotatable bonds is 7. The number of benzene rings is 2. The van der Waals surface area contributed by atoms with Crippen molar-refractivity contribution in [2.24, 2.45) is 9.98 Å². The minimum atomic E-state index is -0.408. The van der Waals surface area contributed by atoms with Crippen LogP contribution in [0.15, 0.2) is 76.9 Å². The number of nitrogens with one attached hydrogen (secondary N) is 3. The van der Waals surface area contributed by atoms with Crippen LogP contribution in [-0.4, -0.2) is 35.0 Å². The van der Waals surface area contributed by atoms with Gasteiger partial charge in [-0.3, -0.25) is 4.79 Å². The lowest BCUT2D eigenvalue weighted by atomic mass is 10.0. The highest BCUT2D eigenvalue weighted by Crippen LogP contribution is 2.22. The van der Waals surface area contributed by atoms with Crippen LogP contribution >= 0.6 is 0 Å². The maximum atomic E-state index is 13.3. The van der Waals surface area contributed by atoms with E-state index in [4.69, 9.17) is 0 Å². The number of amides is 3. The van der Waals surface area contributed by atoms with Gasteiger partial charge < -0.3 is 16.0 Å². The molecule has 9 nitrogen and oxygen atoms in total. The van der Waals surface area contributed by atoms with E-state index in [-0.39, 0.29) is 29.0 Å². The predicted octanol–water partition coefficient (Wildman–Crippen LogP) is 4.15. The molecule has 3 aromatic rings. The third kappa shape index (κ3) is 5.32. The quantitative estimate of drug-likeness (QED) is 0.442. The van der Waals surface area contributed by atoms with Crippen molar-refractivity contribution in [2.45, 2.75) is 25.6 Å². The fourth-order valence-corrected chi connectivity index (χ4v) is 4.11. The van der Waals surface area contributed by atoms with Crippen molar-refractivity contribution in [1.29, 1.82) is 5.26 Å². The molecule has 38 heavy (non-hydrogen) atoms. The monoisotopic (exact) mass is 507 g/mol. The number of hydrogen-bond acceptors (Lipinski definition) is 6. The number of nitrogens with zero attached hydrogens (tertiary/aromatic N) is 4. The summed E-state index contributed by atoms with van der Waals surface area (Å²) in [6.45, 7) is 2.18. The van der Waals surface area contributed by atoms with Crippen LogP contribution in [-0.2, 0) is 6.54 Å². The van der Waals surface area contributed by atoms with Gasteiger partial charge in [-0.2, -0.15) is 10.3 Å². The minimum absolute atomic E-state index is 0.231. The molecule has 0 aliphatic carbocycles. The highest BCUT2D eigenvalue weighted by Gasteiger charge is 2.26. The zero-order chi connectivity index (χ0) is 26.6. The first-order valence-electron chi connectivity index (χ1n) is 11.8. The van der Waals surface area contributed by atoms with Crippen LogP contribution in [0.1, 0.15) is 45.6 Å². The van der Waals surface area contributed by atoms with E-state index in [1.807, 2.05) is 36.4 Å². The Morgan fingerprint density at radius 3 is 2.68 bits per heavy atom. The maximum Gasteiger partial charge on any atom is 0.343 e. The van der Waals surface area contributed by atoms with Crippen molar-refractivity contribution in [3.63, 3.8) is 0 Å². The molecule has 2 atom stereocenters. The molecule has 3 N–H and O–H groups in total. The van der Waals surface area contributed by atoms with E-state index in [9.17, 15) is 19.2 Å². The zero-order valence-electron chi connectivity index (χ0n) is 20.3. The molecular formula is C28H22FN7O2. The molecule has 3 amide bonds. The lowest BCUT2D eigenvalue weighted by Gasteiger charge is -2.17. The van der Waals surface area contributed by atoms with Gasteiger partial charge in [0.1, 0.15) is 23.7 Å². The number of aliphatic imine (C=N–C) groups is 2. The van der Waals surface area contributed by atoms with Crippen LogP contribution in [0.5, 0.6) is 0 Å². The second-order valence-corrected chi connectivity index (χ2v) is 8.81. The Labute approximate surface area is 217 Å². The number of halogens is 1. The molecule has 188 valence electrons. The Morgan fingerprint density at radius 2 is 1.95 bits per heavy atom. The average Bonchev–Trinajstić information content (AvgIpc) is 3.31. The molecule has 5 rings (SSSR count). The number of fused-ring (bicyclic) bond motifs is 1. The maximum absolute atomic E-state index is 13.3. The van der Waals surface area contributed by atoms with Crippen LogP contribution in [0.25, 0.3) is 5.57 Å². The number of nitriles is 1. The first-order valence-corrected chi connectivity index (χ1v) is 11.8. The Balaban J connectivity index is 1.27. The summed E-state index contributed by atoms with van der Waals surface area (Å²) in [7, 11) is 0. The fourth-order valence-electron chi connectivity index (χ4n) is 4.11. The van der Waals surface area contributed by atoms with Crippen molar-refractivity contribution < 1.29 is 14.0 Å². The molecular weight excluding hydrogens is 485 g/mol. The number of urea groups is 1. The number of carbonyl (C=O) groups is 2. The van der Waals surface area contributed by atoms with E-state index >= 15 is 0 Å². The number of hydrogen-bond donors (Lipinski definition) is 3. The van der Waals surface area contributed by atoms with Gasteiger partial charge in [-0.05, 0) is 53.5 Å². The second kappa shape index (κ2) is 10.4. The summed E-state index contributed by atoms with van der Waals surface area (Å²) >= 11 is 0. The van der Waals surface area contributed by atoms with Gasteiger partial charge in [0.15, 0.2) is 5.84 Å². The van der Waals surface area contributed by atoms with Crippen LogP contribution in [0.2, 0.25) is 0 Å². The van der Waals surface area contributed by atoms with Crippen molar-refractivity contribution in [3.05, 3.63) is 101 Å². The number of allylic oxidation sites excluding steroid dienone is 1. The molecule has 0 spiro atoms. The van der Waals surface area contributed by atoms with Crippen molar-refractivity contribution in [1.82, 2.24) is 15.6 Å². The van der Waals surface area contributed by atoms with Crippen LogP contribution in [0.3, 0.4) is 0 Å². The first-order chi connectivity index (χ1) is 18.4. The summed E-state index contributed by atoms with van der Waals surface area (Å²) in [6.07, 6.45) is 4.99. The minimum Gasteiger partial charge on any atom is -0.365 e. The van der Waals surface area contributed by atoms with Gasteiger partial charge in [0, 0.05) is 19.0 Å². The van der Waals surface area contributed by atoms with E-state index in [2.05, 4.69) is 30.9 Å². The molecule has 1 aromatic heterocycles. The number of carbonyl (C=O) groups excluding carboxylic acids is 2. The summed E-state index contributed by atoms with van der Waals surface area (Å²) < 4.78 is 13.3. The highest BCUT2D eigenvalue weighted by atomic mass is 19.1. The molecule has 0 saturated heterocycles. The summed E-state index contributed by atoms with van der Waals surface area (Å²) in [5.74, 6) is 0.0334. The summed E-state index contributed by atoms with van der Waals surface area (Å²) in [5, 5.41) is 18.1. The van der Waals surface area contributed by atoms with E-state index in [0.29, 0.717) is 18.2 Å². The van der Waals surface area contributed by atoms with Gasteiger partial charge >= 0.3 is 6.03 Å². The predicted molar refractivity (Wildman–Crippen MR) is 141 cm³/mol. The molecule has 0 saturated carbocycles. The molecule has 3 heterocycles. The van der Waals surface area contributed by atoms with Gasteiger partial charge in [0.25, 0.3) is 5.91 Å². The zero-order valence-corrected chi connectivity index (χ0v) is 20.3. The molecule has 2 aliphatic rings. The van der Waals surface area contributed by atoms with Crippen LogP contribution < -0.4 is 16.0 Å². The average molecular weight is 508 g/mol. The smallest absolute Gasteiger partial charge is 0.343 e. The molecule has 0 fully saturated rings. The Morgan fingerprint density at radius 1 is 1.18 bits per heavy atom. The largest absolute Gasteiger partial charge is 0.365 e. The molecule has 0 bridgehead atoms. The van der Waals surface area contributed by atoms with Crippen molar-refractivity contribution >= 4 is 35.4 Å². The Kier molecular flexibility index (Phi) is 6.74. The van der Waals surface area contributed by atoms with E-state index < -0.39 is 11.9 Å². The Hall–Kier alpha value is -5.17. The normalized spacial score (nSPS) is 16.4. The number of amidine groups is 1. The molecule has 10 heteroatoms. The molecule has 0 radical (unpaired) electrons. The summed E-state index contributed by atoms with van der Waals surface area (Å²) in [6, 6.07) is 16.1. The molecule has 2 aromatic carbocycles. The number of dihydropyridines is 1. The van der Waals surface area contributed by atoms with Gasteiger partial charge in [-0.1, -0.05) is 36.4 Å². The number of anilines is 1. The van der Waals surface area contributed by atoms with Crippen LogP contribution in [0.4, 0.5) is 15.0 Å². The summed E-state index contributed by atoms with van der Waals surface area (Å²) in [5.41, 5.74) is 3.98. The standard InChI is InChI=1S/C28H22FN7O2/c1-16(19-6-8-22(29)9-7-19)34-27(37)23-10-18(12-30)14-32-25(23)31-13-17-2-4-20(5-3-17)21-11-24-26(33-15-21)36-28(38)35-24/h2-11,14-16,24H,13H2,1H3,(H,31,32)(H,34,37)(H,35,38)/t16-,24?/m0/s1. The van der Waals surface area contributed by atoms with E-state index in [0.717, 1.165) is 22.3 Å². The lowest BCUT2D eigenvalue weighted by molar-refractivity contribution is 0.0940. The van der Waals surface area contributed by atoms with Crippen molar-refractivity contribution in [3.8, 4) is 6.07 Å². The second-order valence-electron chi connectivity index (χ2n) is 8.81. The van der Waals surface area contributed by atoms with Crippen molar-refractivity contribution in [2.75, 3.05) is 5.32 Å². The number of aromatic nitrogens is 1. The van der Waals surface area contributed by atoms with E-state index in [1.165, 1.54) is 24.4 Å². The Bertz CT molecular complexity index is 1540. The topological polar surface area (TPSA) is 132 Å². The van der Waals surface area contributed by atoms with Crippen LogP contribution in [0, 0.1) is 17.1 Å². The van der Waals surface area contributed by atoms with Gasteiger partial charge in [-0.25, -0.2) is 19.2 Å². The summed E-state index contributed by atoms with van der Waals surface area (Å²) in [4.78, 5) is 36.9. The van der Waals surface area contributed by atoms with Gasteiger partial charge in [-0.15, -0.1) is 0 Å². The third-order valence-electron chi connectivity index (χ3n) is 6.18. The first kappa shape index (κ1) is 24.5. The highest BCUT2D eigenvalue weighted by molar-refractivity contribution is 6.21.